The first-order chi connectivity index (χ1) is 11.1. The van der Waals surface area contributed by atoms with Gasteiger partial charge in [0.15, 0.2) is 5.96 Å². The van der Waals surface area contributed by atoms with Crippen molar-refractivity contribution in [2.75, 3.05) is 37.8 Å². The lowest BCUT2D eigenvalue weighted by molar-refractivity contribution is 0.683. The van der Waals surface area contributed by atoms with Gasteiger partial charge in [-0.25, -0.2) is 0 Å². The van der Waals surface area contributed by atoms with Gasteiger partial charge in [-0.05, 0) is 43.7 Å². The number of rotatable bonds is 6. The Balaban J connectivity index is 1.96. The molecule has 0 saturated carbocycles. The number of anilines is 1. The molecule has 1 heterocycles. The third kappa shape index (κ3) is 5.34. The molecule has 0 spiro atoms. The fourth-order valence-electron chi connectivity index (χ4n) is 2.77. The molecule has 0 aromatic heterocycles. The summed E-state index contributed by atoms with van der Waals surface area (Å²) in [5, 5.41) is 7.46. The normalized spacial score (nSPS) is 17.9. The molecule has 5 heteroatoms. The third-order valence-electron chi connectivity index (χ3n) is 4.38. The average molecular weight is 335 g/mol. The van der Waals surface area contributed by atoms with E-state index in [0.717, 1.165) is 12.5 Å². The minimum atomic E-state index is 0.230. The monoisotopic (exact) mass is 334 g/mol. The highest BCUT2D eigenvalue weighted by Gasteiger charge is 2.14. The van der Waals surface area contributed by atoms with Gasteiger partial charge in [-0.15, -0.1) is 0 Å². The van der Waals surface area contributed by atoms with Crippen LogP contribution >= 0.6 is 11.8 Å². The van der Waals surface area contributed by atoms with Gasteiger partial charge in [-0.3, -0.25) is 4.99 Å². The van der Waals surface area contributed by atoms with Crippen LogP contribution in [0.5, 0.6) is 0 Å². The predicted molar refractivity (Wildman–Crippen MR) is 104 cm³/mol. The second-order valence-electron chi connectivity index (χ2n) is 6.15. The summed E-state index contributed by atoms with van der Waals surface area (Å²) < 4.78 is 0. The summed E-state index contributed by atoms with van der Waals surface area (Å²) >= 11 is 1.86. The minimum absolute atomic E-state index is 0.230. The Bertz CT molecular complexity index is 511. The van der Waals surface area contributed by atoms with Gasteiger partial charge in [-0.1, -0.05) is 19.1 Å². The summed E-state index contributed by atoms with van der Waals surface area (Å²) in [6, 6.07) is 9.10. The molecule has 2 N–H and O–H groups in total. The van der Waals surface area contributed by atoms with Gasteiger partial charge in [0.1, 0.15) is 0 Å². The van der Waals surface area contributed by atoms with Crippen molar-refractivity contribution < 1.29 is 0 Å². The number of benzene rings is 1. The zero-order chi connectivity index (χ0) is 16.7. The van der Waals surface area contributed by atoms with Crippen LogP contribution in [-0.4, -0.2) is 44.1 Å². The Morgan fingerprint density at radius 2 is 2.04 bits per heavy atom. The highest BCUT2D eigenvalue weighted by Crippen LogP contribution is 2.23. The zero-order valence-electron chi connectivity index (χ0n) is 14.8. The molecular weight excluding hydrogens is 304 g/mol. The number of nitrogens with zero attached hydrogens (tertiary/aromatic N) is 2. The van der Waals surface area contributed by atoms with Crippen molar-refractivity contribution in [3.8, 4) is 0 Å². The van der Waals surface area contributed by atoms with E-state index in [1.165, 1.54) is 37.2 Å². The fraction of sp³-hybridized carbons (Fsp3) is 0.611. The summed E-state index contributed by atoms with van der Waals surface area (Å²) in [5.74, 6) is 0.866. The van der Waals surface area contributed by atoms with E-state index in [1.807, 2.05) is 18.8 Å². The first-order valence-electron chi connectivity index (χ1n) is 8.49. The van der Waals surface area contributed by atoms with Crippen LogP contribution in [-0.2, 0) is 0 Å². The summed E-state index contributed by atoms with van der Waals surface area (Å²) in [6.45, 7) is 7.69. The van der Waals surface area contributed by atoms with Crippen LogP contribution in [0, 0.1) is 0 Å². The number of nitrogens with one attached hydrogen (secondary N) is 2. The van der Waals surface area contributed by atoms with Gasteiger partial charge >= 0.3 is 0 Å². The maximum Gasteiger partial charge on any atom is 0.191 e. The van der Waals surface area contributed by atoms with Gasteiger partial charge in [0, 0.05) is 37.6 Å². The fourth-order valence-corrected chi connectivity index (χ4v) is 3.02. The van der Waals surface area contributed by atoms with Gasteiger partial charge in [0.2, 0.25) is 0 Å². The van der Waals surface area contributed by atoms with Crippen molar-refractivity contribution in [3.05, 3.63) is 29.8 Å². The first-order valence-corrected chi connectivity index (χ1v) is 9.77. The van der Waals surface area contributed by atoms with E-state index in [4.69, 9.17) is 0 Å². The first kappa shape index (κ1) is 18.0. The number of aliphatic imine (C=N–C) groups is 1. The Kier molecular flexibility index (Phi) is 7.09. The van der Waals surface area contributed by atoms with E-state index >= 15 is 0 Å². The molecule has 1 aromatic carbocycles. The standard InChI is InChI=1S/C18H30N4S/c1-14(23-4)13-20-18(19-3)21-15(2)16-8-7-9-17(12-16)22-10-5-6-11-22/h7-9,12,14-15H,5-6,10-11,13H2,1-4H3,(H2,19,20,21). The molecular formula is C18H30N4S. The molecule has 1 aliphatic heterocycles. The van der Waals surface area contributed by atoms with Crippen LogP contribution in [0.1, 0.15) is 38.3 Å². The Morgan fingerprint density at radius 1 is 1.30 bits per heavy atom. The molecule has 0 amide bonds. The molecule has 2 unspecified atom stereocenters. The molecule has 2 atom stereocenters. The summed E-state index contributed by atoms with van der Waals surface area (Å²) in [5.41, 5.74) is 2.64. The maximum absolute atomic E-state index is 4.33. The number of guanidine groups is 1. The zero-order valence-corrected chi connectivity index (χ0v) is 15.6. The summed E-state index contributed by atoms with van der Waals surface area (Å²) in [4.78, 5) is 6.81. The summed E-state index contributed by atoms with van der Waals surface area (Å²) in [6.07, 6.45) is 4.75. The number of thioether (sulfide) groups is 1. The Hall–Kier alpha value is -1.36. The van der Waals surface area contributed by atoms with E-state index in [2.05, 4.69) is 64.9 Å². The average Bonchev–Trinajstić information content (AvgIpc) is 3.12. The van der Waals surface area contributed by atoms with E-state index in [0.29, 0.717) is 5.25 Å². The lowest BCUT2D eigenvalue weighted by Crippen LogP contribution is -2.41. The van der Waals surface area contributed by atoms with Crippen molar-refractivity contribution in [1.82, 2.24) is 10.6 Å². The molecule has 0 aliphatic carbocycles. The molecule has 1 fully saturated rings. The van der Waals surface area contributed by atoms with Gasteiger partial charge in [0.05, 0.1) is 6.04 Å². The SMILES string of the molecule is CN=C(NCC(C)SC)NC(C)c1cccc(N2CCCC2)c1. The highest BCUT2D eigenvalue weighted by atomic mass is 32.2. The van der Waals surface area contributed by atoms with E-state index in [-0.39, 0.29) is 6.04 Å². The van der Waals surface area contributed by atoms with Crippen LogP contribution < -0.4 is 15.5 Å². The van der Waals surface area contributed by atoms with Crippen molar-refractivity contribution in [2.45, 2.75) is 38.0 Å². The quantitative estimate of drug-likeness (QED) is 0.619. The molecule has 4 nitrogen and oxygen atoms in total. The molecule has 1 aromatic rings. The number of hydrogen-bond donors (Lipinski definition) is 2. The lowest BCUT2D eigenvalue weighted by Gasteiger charge is -2.22. The van der Waals surface area contributed by atoms with Gasteiger partial charge in [0.25, 0.3) is 0 Å². The smallest absolute Gasteiger partial charge is 0.191 e. The molecule has 128 valence electrons. The second kappa shape index (κ2) is 9.06. The molecule has 2 rings (SSSR count). The Labute approximate surface area is 145 Å². The Morgan fingerprint density at radius 3 is 2.70 bits per heavy atom. The molecule has 1 saturated heterocycles. The van der Waals surface area contributed by atoms with Crippen molar-refractivity contribution in [2.24, 2.45) is 4.99 Å². The van der Waals surface area contributed by atoms with Crippen molar-refractivity contribution in [3.63, 3.8) is 0 Å². The van der Waals surface area contributed by atoms with Crippen LogP contribution in [0.15, 0.2) is 29.3 Å². The van der Waals surface area contributed by atoms with E-state index < -0.39 is 0 Å². The van der Waals surface area contributed by atoms with Crippen LogP contribution in [0.2, 0.25) is 0 Å². The van der Waals surface area contributed by atoms with Crippen LogP contribution in [0.25, 0.3) is 0 Å². The van der Waals surface area contributed by atoms with Crippen molar-refractivity contribution in [1.29, 1.82) is 0 Å². The largest absolute Gasteiger partial charge is 0.372 e. The third-order valence-corrected chi connectivity index (χ3v) is 5.35. The molecule has 0 bridgehead atoms. The van der Waals surface area contributed by atoms with Gasteiger partial charge < -0.3 is 15.5 Å². The van der Waals surface area contributed by atoms with Gasteiger partial charge in [-0.2, -0.15) is 11.8 Å². The molecule has 1 aliphatic rings. The lowest BCUT2D eigenvalue weighted by atomic mass is 10.1. The van der Waals surface area contributed by atoms with E-state index in [9.17, 15) is 0 Å². The minimum Gasteiger partial charge on any atom is -0.372 e. The number of hydrogen-bond acceptors (Lipinski definition) is 3. The van der Waals surface area contributed by atoms with Crippen molar-refractivity contribution >= 4 is 23.4 Å². The second-order valence-corrected chi connectivity index (χ2v) is 7.43. The molecule has 23 heavy (non-hydrogen) atoms. The van der Waals surface area contributed by atoms with Crippen LogP contribution in [0.4, 0.5) is 5.69 Å². The molecule has 0 radical (unpaired) electrons. The van der Waals surface area contributed by atoms with E-state index in [1.54, 1.807) is 0 Å². The maximum atomic E-state index is 4.33. The topological polar surface area (TPSA) is 39.7 Å². The van der Waals surface area contributed by atoms with Crippen LogP contribution in [0.3, 0.4) is 0 Å². The highest BCUT2D eigenvalue weighted by molar-refractivity contribution is 7.99. The predicted octanol–water partition coefficient (Wildman–Crippen LogP) is 3.26. The summed E-state index contributed by atoms with van der Waals surface area (Å²) in [7, 11) is 1.83.